The number of aliphatic hydroxyl groups excluding tert-OH is 5. The predicted molar refractivity (Wildman–Crippen MR) is 240 cm³/mol. The van der Waals surface area contributed by atoms with E-state index in [4.69, 9.17) is 9.47 Å². The molecule has 9 nitrogen and oxygen atoms in total. The van der Waals surface area contributed by atoms with Gasteiger partial charge < -0.3 is 40.3 Å². The number of rotatable bonds is 43. The Labute approximate surface area is 357 Å². The molecule has 1 rings (SSSR count). The Balaban J connectivity index is 2.18. The second kappa shape index (κ2) is 40.3. The normalized spacial score (nSPS) is 20.7. The summed E-state index contributed by atoms with van der Waals surface area (Å²) < 4.78 is 11.3. The number of unbranched alkanes of at least 4 members (excludes halogenated alkanes) is 33. The molecule has 1 saturated heterocycles. The lowest BCUT2D eigenvalue weighted by Crippen LogP contribution is -2.60. The molecule has 58 heavy (non-hydrogen) atoms. The molecule has 1 heterocycles. The Morgan fingerprint density at radius 1 is 0.517 bits per heavy atom. The minimum atomic E-state index is -1.55. The van der Waals surface area contributed by atoms with Gasteiger partial charge in [0, 0.05) is 6.42 Å². The topological polar surface area (TPSA) is 149 Å². The van der Waals surface area contributed by atoms with Crippen molar-refractivity contribution in [1.82, 2.24) is 5.32 Å². The number of carbonyl (C=O) groups excluding carboxylic acids is 1. The average Bonchev–Trinajstić information content (AvgIpc) is 3.22. The lowest BCUT2D eigenvalue weighted by Gasteiger charge is -2.40. The highest BCUT2D eigenvalue weighted by Crippen LogP contribution is 2.23. The summed E-state index contributed by atoms with van der Waals surface area (Å²) in [6.45, 7) is 3.85. The van der Waals surface area contributed by atoms with Gasteiger partial charge in [0.15, 0.2) is 6.29 Å². The summed E-state index contributed by atoms with van der Waals surface area (Å²) in [5.41, 5.74) is 0. The first-order chi connectivity index (χ1) is 28.3. The summed E-state index contributed by atoms with van der Waals surface area (Å²) in [6.07, 6.45) is 38.4. The van der Waals surface area contributed by atoms with Crippen LogP contribution in [0.1, 0.15) is 251 Å². The molecular weight excluding hydrogens is 731 g/mol. The van der Waals surface area contributed by atoms with Gasteiger partial charge in [0.2, 0.25) is 5.91 Å². The molecule has 0 aromatic heterocycles. The molecule has 9 heteroatoms. The van der Waals surface area contributed by atoms with E-state index in [0.29, 0.717) is 12.8 Å². The maximum absolute atomic E-state index is 13.0. The molecule has 0 radical (unpaired) electrons. The van der Waals surface area contributed by atoms with Crippen LogP contribution >= 0.6 is 0 Å². The van der Waals surface area contributed by atoms with Gasteiger partial charge in [0.05, 0.1) is 25.4 Å². The fourth-order valence-corrected chi connectivity index (χ4v) is 8.40. The fraction of sp³-hybridized carbons (Fsp3) is 0.980. The van der Waals surface area contributed by atoms with Gasteiger partial charge in [0.25, 0.3) is 0 Å². The largest absolute Gasteiger partial charge is 0.394 e. The first-order valence-electron chi connectivity index (χ1n) is 25.2. The van der Waals surface area contributed by atoms with Crippen LogP contribution in [0, 0.1) is 0 Å². The molecule has 1 fully saturated rings. The van der Waals surface area contributed by atoms with Crippen molar-refractivity contribution >= 4 is 5.91 Å². The number of amides is 1. The van der Waals surface area contributed by atoms with E-state index in [-0.39, 0.29) is 12.5 Å². The van der Waals surface area contributed by atoms with Gasteiger partial charge in [-0.15, -0.1) is 0 Å². The summed E-state index contributed by atoms with van der Waals surface area (Å²) in [5, 5.41) is 54.3. The molecule has 0 aromatic rings. The molecule has 1 aliphatic rings. The summed E-state index contributed by atoms with van der Waals surface area (Å²) >= 11 is 0. The Bertz CT molecular complexity index is 878. The highest BCUT2D eigenvalue weighted by atomic mass is 16.7. The number of hydrogen-bond donors (Lipinski definition) is 6. The van der Waals surface area contributed by atoms with Crippen LogP contribution in [0.25, 0.3) is 0 Å². The van der Waals surface area contributed by atoms with E-state index in [1.165, 1.54) is 186 Å². The van der Waals surface area contributed by atoms with Crippen LogP contribution < -0.4 is 5.32 Å². The number of ether oxygens (including phenoxy) is 2. The first kappa shape index (κ1) is 55.2. The van der Waals surface area contributed by atoms with Crippen LogP contribution in [0.15, 0.2) is 0 Å². The molecule has 0 spiro atoms. The summed E-state index contributed by atoms with van der Waals surface area (Å²) in [5.74, 6) is -0.140. The van der Waals surface area contributed by atoms with Gasteiger partial charge in [-0.3, -0.25) is 4.79 Å². The Morgan fingerprint density at radius 2 is 0.862 bits per heavy atom. The summed E-state index contributed by atoms with van der Waals surface area (Å²) in [4.78, 5) is 13.0. The van der Waals surface area contributed by atoms with E-state index in [9.17, 15) is 30.3 Å². The molecule has 0 aromatic carbocycles. The second-order valence-electron chi connectivity index (χ2n) is 18.0. The van der Waals surface area contributed by atoms with Crippen LogP contribution in [0.2, 0.25) is 0 Å². The van der Waals surface area contributed by atoms with Crippen LogP contribution in [0.4, 0.5) is 0 Å². The molecule has 346 valence electrons. The third kappa shape index (κ3) is 30.3. The third-order valence-electron chi connectivity index (χ3n) is 12.5. The van der Waals surface area contributed by atoms with Crippen LogP contribution in [0.3, 0.4) is 0 Å². The van der Waals surface area contributed by atoms with E-state index in [1.807, 2.05) is 0 Å². The zero-order valence-corrected chi connectivity index (χ0v) is 38.1. The van der Waals surface area contributed by atoms with Crippen molar-refractivity contribution in [2.75, 3.05) is 13.2 Å². The number of aliphatic hydroxyl groups is 5. The SMILES string of the molecule is CCCCCCCCCCCCCCCCCCCCCCCCCCC(=O)N[C@@H](CO[C@@H]1O[C@H](CO)[C@@H](O)C(O)C1O)[C@H](O)CCCCCCCCCCCCC. The Morgan fingerprint density at radius 3 is 1.22 bits per heavy atom. The highest BCUT2D eigenvalue weighted by Gasteiger charge is 2.44. The highest BCUT2D eigenvalue weighted by molar-refractivity contribution is 5.76. The molecule has 2 unspecified atom stereocenters. The summed E-state index contributed by atoms with van der Waals surface area (Å²) in [7, 11) is 0. The van der Waals surface area contributed by atoms with Gasteiger partial charge in [-0.25, -0.2) is 0 Å². The van der Waals surface area contributed by atoms with Gasteiger partial charge in [0.1, 0.15) is 24.4 Å². The quantitative estimate of drug-likeness (QED) is 0.0333. The molecule has 7 atom stereocenters. The minimum Gasteiger partial charge on any atom is -0.394 e. The third-order valence-corrected chi connectivity index (χ3v) is 12.5. The first-order valence-corrected chi connectivity index (χ1v) is 25.2. The molecule has 0 bridgehead atoms. The predicted octanol–water partition coefficient (Wildman–Crippen LogP) is 11.1. The zero-order valence-electron chi connectivity index (χ0n) is 38.1. The lowest BCUT2D eigenvalue weighted by atomic mass is 9.99. The molecule has 1 aliphatic heterocycles. The van der Waals surface area contributed by atoms with E-state index < -0.39 is 49.5 Å². The minimum absolute atomic E-state index is 0.132. The second-order valence-corrected chi connectivity index (χ2v) is 18.0. The van der Waals surface area contributed by atoms with Crippen molar-refractivity contribution in [3.05, 3.63) is 0 Å². The van der Waals surface area contributed by atoms with Crippen molar-refractivity contribution in [1.29, 1.82) is 0 Å². The fourth-order valence-electron chi connectivity index (χ4n) is 8.40. The van der Waals surface area contributed by atoms with Crippen LogP contribution in [-0.2, 0) is 14.3 Å². The number of hydrogen-bond acceptors (Lipinski definition) is 8. The lowest BCUT2D eigenvalue weighted by molar-refractivity contribution is -0.302. The van der Waals surface area contributed by atoms with Crippen molar-refractivity contribution < 1.29 is 39.8 Å². The maximum atomic E-state index is 13.0. The van der Waals surface area contributed by atoms with E-state index in [0.717, 1.165) is 38.5 Å². The molecule has 0 saturated carbocycles. The monoisotopic (exact) mass is 828 g/mol. The van der Waals surface area contributed by atoms with Gasteiger partial charge >= 0.3 is 0 Å². The van der Waals surface area contributed by atoms with Crippen molar-refractivity contribution in [2.24, 2.45) is 0 Å². The van der Waals surface area contributed by atoms with Crippen LogP contribution in [0.5, 0.6) is 0 Å². The molecule has 0 aliphatic carbocycles. The molecule has 1 amide bonds. The van der Waals surface area contributed by atoms with Crippen molar-refractivity contribution in [2.45, 2.75) is 294 Å². The Hall–Kier alpha value is -0.810. The van der Waals surface area contributed by atoms with Crippen molar-refractivity contribution in [3.8, 4) is 0 Å². The van der Waals surface area contributed by atoms with E-state index in [2.05, 4.69) is 19.2 Å². The Kier molecular flexibility index (Phi) is 38.3. The van der Waals surface area contributed by atoms with E-state index in [1.54, 1.807) is 0 Å². The van der Waals surface area contributed by atoms with Crippen molar-refractivity contribution in [3.63, 3.8) is 0 Å². The maximum Gasteiger partial charge on any atom is 0.220 e. The van der Waals surface area contributed by atoms with Gasteiger partial charge in [-0.1, -0.05) is 232 Å². The number of carbonyl (C=O) groups is 1. The number of nitrogens with one attached hydrogen (secondary N) is 1. The standard InChI is InChI=1S/C49H97NO8/c1-3-5-7-9-11-13-15-16-17-18-19-20-21-22-23-24-25-26-27-29-31-33-35-37-39-45(53)50-42(41-57-49-48(56)47(55)46(54)44(40-51)58-49)43(52)38-36-34-32-30-28-14-12-10-8-6-4-2/h42-44,46-49,51-52,54-56H,3-41H2,1-2H3,(H,50,53)/t42-,43+,44+,46+,47?,48?,49+/m0/s1. The van der Waals surface area contributed by atoms with Gasteiger partial charge in [-0.05, 0) is 12.8 Å². The molecule has 6 N–H and O–H groups in total. The van der Waals surface area contributed by atoms with Crippen LogP contribution in [-0.4, -0.2) is 87.5 Å². The smallest absolute Gasteiger partial charge is 0.220 e. The molecular formula is C49H97NO8. The zero-order chi connectivity index (χ0) is 42.3. The van der Waals surface area contributed by atoms with Gasteiger partial charge in [-0.2, -0.15) is 0 Å². The summed E-state index contributed by atoms with van der Waals surface area (Å²) in [6, 6.07) is -0.711. The van der Waals surface area contributed by atoms with E-state index >= 15 is 0 Å². The average molecular weight is 828 g/mol.